The van der Waals surface area contributed by atoms with Crippen molar-refractivity contribution in [3.05, 3.63) is 28.2 Å². The molecule has 2 atom stereocenters. The molecule has 0 bridgehead atoms. The van der Waals surface area contributed by atoms with Gasteiger partial charge in [0.25, 0.3) is 5.91 Å². The number of benzene rings is 1. The minimum Gasteiger partial charge on any atom is -0.484 e. The van der Waals surface area contributed by atoms with E-state index in [1.807, 2.05) is 0 Å². The highest BCUT2D eigenvalue weighted by molar-refractivity contribution is 6.34. The van der Waals surface area contributed by atoms with Gasteiger partial charge in [0.1, 0.15) is 5.75 Å². The van der Waals surface area contributed by atoms with Crippen LogP contribution in [0.15, 0.2) is 18.2 Å². The van der Waals surface area contributed by atoms with Crippen molar-refractivity contribution in [3.8, 4) is 5.75 Å². The van der Waals surface area contributed by atoms with Gasteiger partial charge < -0.3 is 15.0 Å². The molecule has 3 rings (SSSR count). The molecule has 2 fully saturated rings. The first kappa shape index (κ1) is 17.8. The first-order chi connectivity index (χ1) is 11.6. The van der Waals surface area contributed by atoms with Crippen molar-refractivity contribution in [1.29, 1.82) is 0 Å². The quantitative estimate of drug-likeness (QED) is 0.854. The lowest BCUT2D eigenvalue weighted by Crippen LogP contribution is -2.40. The van der Waals surface area contributed by atoms with E-state index in [1.54, 1.807) is 18.2 Å². The summed E-state index contributed by atoms with van der Waals surface area (Å²) in [5.41, 5.74) is 0. The van der Waals surface area contributed by atoms with E-state index < -0.39 is 0 Å². The first-order valence-electron chi connectivity index (χ1n) is 8.72. The van der Waals surface area contributed by atoms with Crippen molar-refractivity contribution in [1.82, 2.24) is 10.2 Å². The SMILES string of the molecule is O=C(COc1cc(Cl)cc(Cl)c1)N[C@@H]1CC[C@@H](N2CCCCC2)C1. The Labute approximate surface area is 153 Å². The Hall–Kier alpha value is -0.970. The summed E-state index contributed by atoms with van der Waals surface area (Å²) < 4.78 is 5.49. The largest absolute Gasteiger partial charge is 0.484 e. The van der Waals surface area contributed by atoms with E-state index in [-0.39, 0.29) is 18.6 Å². The van der Waals surface area contributed by atoms with Gasteiger partial charge in [-0.1, -0.05) is 29.6 Å². The summed E-state index contributed by atoms with van der Waals surface area (Å²) >= 11 is 11.8. The van der Waals surface area contributed by atoms with Gasteiger partial charge in [-0.15, -0.1) is 0 Å². The Morgan fingerprint density at radius 2 is 1.83 bits per heavy atom. The van der Waals surface area contributed by atoms with Crippen LogP contribution in [0.4, 0.5) is 0 Å². The summed E-state index contributed by atoms with van der Waals surface area (Å²) in [5, 5.41) is 4.09. The average Bonchev–Trinajstić information content (AvgIpc) is 3.01. The molecule has 1 amide bonds. The molecule has 1 aromatic carbocycles. The second kappa shape index (κ2) is 8.41. The van der Waals surface area contributed by atoms with E-state index in [4.69, 9.17) is 27.9 Å². The number of likely N-dealkylation sites (tertiary alicyclic amines) is 1. The lowest BCUT2D eigenvalue weighted by molar-refractivity contribution is -0.123. The molecule has 1 heterocycles. The maximum atomic E-state index is 12.1. The number of amides is 1. The van der Waals surface area contributed by atoms with Crippen LogP contribution in [-0.2, 0) is 4.79 Å². The van der Waals surface area contributed by atoms with E-state index in [0.717, 1.165) is 12.8 Å². The molecule has 0 unspecified atom stereocenters. The molecule has 0 spiro atoms. The van der Waals surface area contributed by atoms with Crippen molar-refractivity contribution < 1.29 is 9.53 Å². The molecule has 4 nitrogen and oxygen atoms in total. The monoisotopic (exact) mass is 370 g/mol. The predicted molar refractivity (Wildman–Crippen MR) is 97.0 cm³/mol. The number of piperidine rings is 1. The zero-order valence-corrected chi connectivity index (χ0v) is 15.3. The van der Waals surface area contributed by atoms with Gasteiger partial charge in [-0.3, -0.25) is 4.79 Å². The Morgan fingerprint density at radius 3 is 2.54 bits per heavy atom. The molecule has 1 saturated heterocycles. The van der Waals surface area contributed by atoms with Crippen molar-refractivity contribution in [2.45, 2.75) is 50.6 Å². The summed E-state index contributed by atoms with van der Waals surface area (Å²) in [6.45, 7) is 2.41. The van der Waals surface area contributed by atoms with Gasteiger partial charge in [0.05, 0.1) is 0 Å². The minimum absolute atomic E-state index is 0.0123. The number of halogens is 2. The molecule has 1 aliphatic carbocycles. The fourth-order valence-corrected chi connectivity index (χ4v) is 4.24. The number of hydrogen-bond donors (Lipinski definition) is 1. The van der Waals surface area contributed by atoms with E-state index in [1.165, 1.54) is 38.8 Å². The Balaban J connectivity index is 1.42. The minimum atomic E-state index is -0.0876. The molecule has 0 aromatic heterocycles. The third-order valence-corrected chi connectivity index (χ3v) is 5.32. The zero-order chi connectivity index (χ0) is 16.9. The maximum Gasteiger partial charge on any atom is 0.258 e. The second-order valence-corrected chi connectivity index (χ2v) is 7.59. The molecule has 1 N–H and O–H groups in total. The van der Waals surface area contributed by atoms with Crippen LogP contribution in [0.5, 0.6) is 5.75 Å². The van der Waals surface area contributed by atoms with Crippen molar-refractivity contribution in [2.75, 3.05) is 19.7 Å². The fourth-order valence-electron chi connectivity index (χ4n) is 3.73. The second-order valence-electron chi connectivity index (χ2n) is 6.72. The summed E-state index contributed by atoms with van der Waals surface area (Å²) in [6, 6.07) is 5.83. The van der Waals surface area contributed by atoms with E-state index in [2.05, 4.69) is 10.2 Å². The highest BCUT2D eigenvalue weighted by Crippen LogP contribution is 2.27. The summed E-state index contributed by atoms with van der Waals surface area (Å²) in [4.78, 5) is 14.7. The third kappa shape index (κ3) is 5.01. The standard InChI is InChI=1S/C18H24Cl2N2O2/c19-13-8-14(20)10-17(9-13)24-12-18(23)21-15-4-5-16(11-15)22-6-2-1-3-7-22/h8-10,15-16H,1-7,11-12H2,(H,21,23)/t15-,16-/m1/s1. The van der Waals surface area contributed by atoms with Crippen LogP contribution < -0.4 is 10.1 Å². The van der Waals surface area contributed by atoms with Crippen LogP contribution >= 0.6 is 23.2 Å². The maximum absolute atomic E-state index is 12.1. The zero-order valence-electron chi connectivity index (χ0n) is 13.8. The first-order valence-corrected chi connectivity index (χ1v) is 9.48. The molecule has 1 saturated carbocycles. The predicted octanol–water partition coefficient (Wildman–Crippen LogP) is 3.90. The molecular formula is C18H24Cl2N2O2. The van der Waals surface area contributed by atoms with E-state index in [9.17, 15) is 4.79 Å². The number of carbonyl (C=O) groups is 1. The normalized spacial score (nSPS) is 24.8. The van der Waals surface area contributed by atoms with Crippen LogP contribution in [0.1, 0.15) is 38.5 Å². The third-order valence-electron chi connectivity index (χ3n) is 4.88. The highest BCUT2D eigenvalue weighted by atomic mass is 35.5. The van der Waals surface area contributed by atoms with Gasteiger partial charge in [-0.05, 0) is 63.4 Å². The smallest absolute Gasteiger partial charge is 0.258 e. The molecule has 6 heteroatoms. The molecule has 24 heavy (non-hydrogen) atoms. The molecule has 132 valence electrons. The summed E-state index contributed by atoms with van der Waals surface area (Å²) in [6.07, 6.45) is 7.25. The van der Waals surface area contributed by atoms with Gasteiger partial charge >= 0.3 is 0 Å². The molecule has 1 aliphatic heterocycles. The van der Waals surface area contributed by atoms with Gasteiger partial charge in [0.15, 0.2) is 6.61 Å². The van der Waals surface area contributed by atoms with Gasteiger partial charge in [-0.2, -0.15) is 0 Å². The van der Waals surface area contributed by atoms with Crippen LogP contribution in [0.25, 0.3) is 0 Å². The van der Waals surface area contributed by atoms with E-state index >= 15 is 0 Å². The molecule has 2 aliphatic rings. The molecular weight excluding hydrogens is 347 g/mol. The van der Waals surface area contributed by atoms with Gasteiger partial charge in [0, 0.05) is 22.1 Å². The van der Waals surface area contributed by atoms with Crippen molar-refractivity contribution in [2.24, 2.45) is 0 Å². The fraction of sp³-hybridized carbons (Fsp3) is 0.611. The number of nitrogens with one attached hydrogen (secondary N) is 1. The van der Waals surface area contributed by atoms with Crippen LogP contribution in [-0.4, -0.2) is 42.6 Å². The number of rotatable bonds is 5. The number of carbonyl (C=O) groups excluding carboxylic acids is 1. The summed E-state index contributed by atoms with van der Waals surface area (Å²) in [5.74, 6) is 0.427. The highest BCUT2D eigenvalue weighted by Gasteiger charge is 2.30. The van der Waals surface area contributed by atoms with Crippen LogP contribution in [0.2, 0.25) is 10.0 Å². The van der Waals surface area contributed by atoms with Crippen molar-refractivity contribution >= 4 is 29.1 Å². The lowest BCUT2D eigenvalue weighted by atomic mass is 10.1. The molecule has 0 radical (unpaired) electrons. The number of hydrogen-bond acceptors (Lipinski definition) is 3. The Kier molecular flexibility index (Phi) is 6.25. The van der Waals surface area contributed by atoms with Gasteiger partial charge in [0.2, 0.25) is 0 Å². The number of nitrogens with zero attached hydrogens (tertiary/aromatic N) is 1. The number of ether oxygens (including phenoxy) is 1. The Morgan fingerprint density at radius 1 is 1.12 bits per heavy atom. The van der Waals surface area contributed by atoms with Crippen LogP contribution in [0.3, 0.4) is 0 Å². The molecule has 1 aromatic rings. The summed E-state index contributed by atoms with van der Waals surface area (Å²) in [7, 11) is 0. The lowest BCUT2D eigenvalue weighted by Gasteiger charge is -2.32. The van der Waals surface area contributed by atoms with Gasteiger partial charge in [-0.25, -0.2) is 0 Å². The van der Waals surface area contributed by atoms with E-state index in [0.29, 0.717) is 21.8 Å². The van der Waals surface area contributed by atoms with Crippen LogP contribution in [0, 0.1) is 0 Å². The van der Waals surface area contributed by atoms with Crippen molar-refractivity contribution in [3.63, 3.8) is 0 Å². The Bertz CT molecular complexity index is 556. The average molecular weight is 371 g/mol. The topological polar surface area (TPSA) is 41.6 Å².